The van der Waals surface area contributed by atoms with Crippen molar-refractivity contribution in [2.24, 2.45) is 11.3 Å². The molecule has 1 aliphatic carbocycles. The monoisotopic (exact) mass is 305 g/mol. The summed E-state index contributed by atoms with van der Waals surface area (Å²) in [7, 11) is 0. The summed E-state index contributed by atoms with van der Waals surface area (Å²) in [5, 5.41) is 23.2. The Bertz CT molecular complexity index is 572. The van der Waals surface area contributed by atoms with Crippen LogP contribution < -0.4 is 5.32 Å². The number of H-pyrrole nitrogens is 1. The van der Waals surface area contributed by atoms with Gasteiger partial charge in [-0.1, -0.05) is 19.9 Å². The lowest BCUT2D eigenvalue weighted by molar-refractivity contribution is 0.0502. The van der Waals surface area contributed by atoms with Crippen LogP contribution in [-0.2, 0) is 6.54 Å². The summed E-state index contributed by atoms with van der Waals surface area (Å²) in [5.74, 6) is 0.324. The largest absolute Gasteiger partial charge is 0.392 e. The smallest absolute Gasteiger partial charge is 0.0794 e. The van der Waals surface area contributed by atoms with Gasteiger partial charge in [-0.2, -0.15) is 5.10 Å². The van der Waals surface area contributed by atoms with Crippen molar-refractivity contribution < 1.29 is 5.11 Å². The van der Waals surface area contributed by atoms with Crippen LogP contribution in [-0.4, -0.2) is 28.0 Å². The minimum absolute atomic E-state index is 0.0982. The second-order valence-electron chi connectivity index (χ2n) is 6.40. The number of aliphatic hydroxyl groups excluding tert-OH is 1. The van der Waals surface area contributed by atoms with E-state index in [0.717, 1.165) is 31.6 Å². The molecular weight excluding hydrogens is 282 g/mol. The lowest BCUT2D eigenvalue weighted by atomic mass is 9.90. The van der Waals surface area contributed by atoms with Crippen LogP contribution in [0.5, 0.6) is 0 Å². The first-order valence-electron chi connectivity index (χ1n) is 7.57. The molecule has 1 saturated carbocycles. The lowest BCUT2D eigenvalue weighted by Crippen LogP contribution is -2.36. The molecule has 1 atom stereocenters. The summed E-state index contributed by atoms with van der Waals surface area (Å²) in [5.41, 5.74) is 2.39. The highest BCUT2D eigenvalue weighted by molar-refractivity contribution is 7.13. The number of thiophene rings is 1. The fourth-order valence-electron chi connectivity index (χ4n) is 2.97. The highest BCUT2D eigenvalue weighted by Crippen LogP contribution is 2.50. The molecule has 2 aromatic rings. The molecule has 0 saturated heterocycles. The van der Waals surface area contributed by atoms with E-state index < -0.39 is 0 Å². The van der Waals surface area contributed by atoms with Gasteiger partial charge >= 0.3 is 0 Å². The van der Waals surface area contributed by atoms with Crippen LogP contribution in [0.1, 0.15) is 32.3 Å². The Morgan fingerprint density at radius 3 is 2.90 bits per heavy atom. The molecular formula is C16H23N3OS. The third-order valence-electron chi connectivity index (χ3n) is 4.43. The van der Waals surface area contributed by atoms with E-state index in [-0.39, 0.29) is 11.5 Å². The summed E-state index contributed by atoms with van der Waals surface area (Å²) in [6.07, 6.45) is 3.94. The Kier molecular flexibility index (Phi) is 4.15. The Balaban J connectivity index is 1.59. The van der Waals surface area contributed by atoms with Crippen molar-refractivity contribution in [3.05, 3.63) is 29.3 Å². The summed E-state index contributed by atoms with van der Waals surface area (Å²) >= 11 is 1.72. The van der Waals surface area contributed by atoms with Crippen LogP contribution >= 0.6 is 11.3 Å². The molecule has 0 radical (unpaired) electrons. The van der Waals surface area contributed by atoms with Gasteiger partial charge in [0.1, 0.15) is 0 Å². The average molecular weight is 305 g/mol. The van der Waals surface area contributed by atoms with E-state index in [2.05, 4.69) is 46.9 Å². The number of nitrogens with one attached hydrogen (secondary N) is 2. The molecule has 3 N–H and O–H groups in total. The highest BCUT2D eigenvalue weighted by Gasteiger charge is 2.49. The van der Waals surface area contributed by atoms with Gasteiger partial charge in [0.15, 0.2) is 0 Å². The van der Waals surface area contributed by atoms with Gasteiger partial charge in [0.2, 0.25) is 0 Å². The van der Waals surface area contributed by atoms with Crippen LogP contribution in [0.3, 0.4) is 0 Å². The standard InChI is InChI=1S/C16H23N3OS/c1-11(2)15(20)16(5-6-16)10-17-8-12-9-18-19-14(12)13-4-3-7-21-13/h3-4,7,9,11,15,17,20H,5-6,8,10H2,1-2H3,(H,18,19). The van der Waals surface area contributed by atoms with Crippen molar-refractivity contribution in [1.82, 2.24) is 15.5 Å². The minimum Gasteiger partial charge on any atom is -0.392 e. The van der Waals surface area contributed by atoms with Gasteiger partial charge in [0.25, 0.3) is 0 Å². The van der Waals surface area contributed by atoms with Crippen molar-refractivity contribution in [3.63, 3.8) is 0 Å². The number of aromatic amines is 1. The molecule has 3 rings (SSSR count). The predicted molar refractivity (Wildman–Crippen MR) is 86.1 cm³/mol. The zero-order valence-electron chi connectivity index (χ0n) is 12.6. The van der Waals surface area contributed by atoms with Crippen LogP contribution in [0.15, 0.2) is 23.7 Å². The number of nitrogens with zero attached hydrogens (tertiary/aromatic N) is 1. The number of hydrogen-bond acceptors (Lipinski definition) is 4. The maximum atomic E-state index is 10.3. The normalized spacial score (nSPS) is 18.1. The predicted octanol–water partition coefficient (Wildman–Crippen LogP) is 3.02. The zero-order valence-corrected chi connectivity index (χ0v) is 13.4. The molecule has 1 unspecified atom stereocenters. The molecule has 0 spiro atoms. The van der Waals surface area contributed by atoms with E-state index in [1.807, 2.05) is 6.20 Å². The number of hydrogen-bond donors (Lipinski definition) is 3. The topological polar surface area (TPSA) is 60.9 Å². The highest BCUT2D eigenvalue weighted by atomic mass is 32.1. The van der Waals surface area contributed by atoms with Crippen LogP contribution in [0.4, 0.5) is 0 Å². The van der Waals surface area contributed by atoms with Crippen molar-refractivity contribution in [3.8, 4) is 10.6 Å². The van der Waals surface area contributed by atoms with Gasteiger partial charge in [0, 0.05) is 24.1 Å². The molecule has 0 bridgehead atoms. The van der Waals surface area contributed by atoms with E-state index in [4.69, 9.17) is 0 Å². The van der Waals surface area contributed by atoms with Crippen LogP contribution in [0.2, 0.25) is 0 Å². The Morgan fingerprint density at radius 2 is 2.29 bits per heavy atom. The molecule has 114 valence electrons. The van der Waals surface area contributed by atoms with Gasteiger partial charge in [0.05, 0.1) is 22.9 Å². The number of aliphatic hydroxyl groups is 1. The molecule has 0 aromatic carbocycles. The first kappa shape index (κ1) is 14.8. The summed E-state index contributed by atoms with van der Waals surface area (Å²) < 4.78 is 0. The van der Waals surface area contributed by atoms with Gasteiger partial charge in [-0.3, -0.25) is 5.10 Å². The van der Waals surface area contributed by atoms with E-state index in [1.165, 1.54) is 10.4 Å². The fourth-order valence-corrected chi connectivity index (χ4v) is 3.73. The maximum Gasteiger partial charge on any atom is 0.0794 e. The third-order valence-corrected chi connectivity index (χ3v) is 5.32. The second-order valence-corrected chi connectivity index (χ2v) is 7.35. The molecule has 2 aromatic heterocycles. The SMILES string of the molecule is CC(C)C(O)C1(CNCc2cn[nH]c2-c2cccs2)CC1. The van der Waals surface area contributed by atoms with Gasteiger partial charge in [-0.05, 0) is 30.2 Å². The molecule has 1 aliphatic rings. The van der Waals surface area contributed by atoms with Crippen molar-refractivity contribution in [2.75, 3.05) is 6.54 Å². The Hall–Kier alpha value is -1.17. The molecule has 1 fully saturated rings. The van der Waals surface area contributed by atoms with Gasteiger partial charge in [-0.25, -0.2) is 0 Å². The Morgan fingerprint density at radius 1 is 1.48 bits per heavy atom. The first-order chi connectivity index (χ1) is 10.1. The quantitative estimate of drug-likeness (QED) is 0.737. The van der Waals surface area contributed by atoms with E-state index in [1.54, 1.807) is 11.3 Å². The maximum absolute atomic E-state index is 10.3. The first-order valence-corrected chi connectivity index (χ1v) is 8.45. The molecule has 2 heterocycles. The summed E-state index contributed by atoms with van der Waals surface area (Å²) in [4.78, 5) is 1.22. The summed E-state index contributed by atoms with van der Waals surface area (Å²) in [6.45, 7) is 5.85. The van der Waals surface area contributed by atoms with Gasteiger partial charge < -0.3 is 10.4 Å². The minimum atomic E-state index is -0.203. The summed E-state index contributed by atoms with van der Waals surface area (Å²) in [6, 6.07) is 4.16. The number of rotatable bonds is 7. The Labute approximate surface area is 129 Å². The lowest BCUT2D eigenvalue weighted by Gasteiger charge is -2.25. The molecule has 5 heteroatoms. The average Bonchev–Trinajstić information content (AvgIpc) is 2.90. The second kappa shape index (κ2) is 5.91. The van der Waals surface area contributed by atoms with Crippen LogP contribution in [0.25, 0.3) is 10.6 Å². The van der Waals surface area contributed by atoms with E-state index in [9.17, 15) is 5.11 Å². The molecule has 21 heavy (non-hydrogen) atoms. The number of aromatic nitrogens is 2. The van der Waals surface area contributed by atoms with E-state index in [0.29, 0.717) is 5.92 Å². The van der Waals surface area contributed by atoms with E-state index >= 15 is 0 Å². The molecule has 0 aliphatic heterocycles. The van der Waals surface area contributed by atoms with Crippen molar-refractivity contribution in [1.29, 1.82) is 0 Å². The van der Waals surface area contributed by atoms with Crippen LogP contribution in [0, 0.1) is 11.3 Å². The molecule has 0 amide bonds. The fraction of sp³-hybridized carbons (Fsp3) is 0.562. The third kappa shape index (κ3) is 3.05. The molecule has 4 nitrogen and oxygen atoms in total. The van der Waals surface area contributed by atoms with Gasteiger partial charge in [-0.15, -0.1) is 11.3 Å². The van der Waals surface area contributed by atoms with Crippen molar-refractivity contribution in [2.45, 2.75) is 39.3 Å². The van der Waals surface area contributed by atoms with Crippen molar-refractivity contribution >= 4 is 11.3 Å². The zero-order chi connectivity index (χ0) is 14.9.